The molecule has 1 nitrogen and oxygen atoms in total. The van der Waals surface area contributed by atoms with Gasteiger partial charge in [-0.05, 0) is 53.2 Å². The average molecular weight is 328 g/mol. The van der Waals surface area contributed by atoms with Gasteiger partial charge in [-0.2, -0.15) is 0 Å². The Morgan fingerprint density at radius 3 is 2.58 bits per heavy atom. The van der Waals surface area contributed by atoms with E-state index in [2.05, 4.69) is 36.7 Å². The molecule has 0 aliphatic heterocycles. The molecule has 0 saturated heterocycles. The Bertz CT molecular complexity index is 454. The van der Waals surface area contributed by atoms with Crippen LogP contribution in [0.4, 0.5) is 10.1 Å². The summed E-state index contributed by atoms with van der Waals surface area (Å²) in [5.74, 6) is 0.222. The predicted molar refractivity (Wildman–Crippen MR) is 84.9 cm³/mol. The minimum Gasteiger partial charge on any atom is -0.257 e. The van der Waals surface area contributed by atoms with Gasteiger partial charge in [0.15, 0.2) is 0 Å². The molecule has 0 bridgehead atoms. The van der Waals surface area contributed by atoms with Crippen LogP contribution in [0.1, 0.15) is 52.0 Å². The largest absolute Gasteiger partial charge is 0.257 e. The third-order valence-corrected chi connectivity index (χ3v) is 3.91. The van der Waals surface area contributed by atoms with Crippen molar-refractivity contribution in [3.05, 3.63) is 28.0 Å². The zero-order valence-corrected chi connectivity index (χ0v) is 13.8. The highest BCUT2D eigenvalue weighted by atomic mass is 79.9. The molecule has 0 heterocycles. The fourth-order valence-electron chi connectivity index (χ4n) is 2.18. The van der Waals surface area contributed by atoms with E-state index in [0.717, 1.165) is 36.9 Å². The van der Waals surface area contributed by atoms with Gasteiger partial charge in [0, 0.05) is 11.8 Å². The molecule has 0 aliphatic rings. The second kappa shape index (κ2) is 7.78. The number of hydrogen-bond acceptors (Lipinski definition) is 1. The van der Waals surface area contributed by atoms with Crippen LogP contribution in [0.25, 0.3) is 0 Å². The van der Waals surface area contributed by atoms with Gasteiger partial charge in [0.2, 0.25) is 0 Å². The van der Waals surface area contributed by atoms with E-state index in [0.29, 0.717) is 10.4 Å². The van der Waals surface area contributed by atoms with Gasteiger partial charge >= 0.3 is 0 Å². The summed E-state index contributed by atoms with van der Waals surface area (Å²) in [6.07, 6.45) is 4.34. The first-order valence-corrected chi connectivity index (χ1v) is 7.81. The number of benzene rings is 1. The molecule has 1 atom stereocenters. The molecule has 0 aliphatic carbocycles. The summed E-state index contributed by atoms with van der Waals surface area (Å²) < 4.78 is 14.1. The van der Waals surface area contributed by atoms with E-state index in [1.807, 2.05) is 6.92 Å². The summed E-state index contributed by atoms with van der Waals surface area (Å²) in [5.41, 5.74) is 2.95. The van der Waals surface area contributed by atoms with Crippen molar-refractivity contribution in [2.45, 2.75) is 53.4 Å². The summed E-state index contributed by atoms with van der Waals surface area (Å²) in [7, 11) is 0. The van der Waals surface area contributed by atoms with Crippen LogP contribution in [0.5, 0.6) is 0 Å². The van der Waals surface area contributed by atoms with Crippen molar-refractivity contribution < 1.29 is 4.39 Å². The highest BCUT2D eigenvalue weighted by molar-refractivity contribution is 9.10. The van der Waals surface area contributed by atoms with Gasteiger partial charge in [-0.15, -0.1) is 0 Å². The molecule has 0 fully saturated rings. The summed E-state index contributed by atoms with van der Waals surface area (Å²) in [6.45, 7) is 8.52. The van der Waals surface area contributed by atoms with E-state index in [-0.39, 0.29) is 5.82 Å². The van der Waals surface area contributed by atoms with E-state index in [9.17, 15) is 4.39 Å². The van der Waals surface area contributed by atoms with Gasteiger partial charge in [-0.25, -0.2) is 4.39 Å². The molecule has 1 unspecified atom stereocenters. The average Bonchev–Trinajstić information content (AvgIpc) is 2.35. The Labute approximate surface area is 124 Å². The molecule has 1 rings (SSSR count). The zero-order chi connectivity index (χ0) is 14.4. The minimum absolute atomic E-state index is 0.247. The summed E-state index contributed by atoms with van der Waals surface area (Å²) in [4.78, 5) is 4.72. The molecule has 19 heavy (non-hydrogen) atoms. The first-order valence-electron chi connectivity index (χ1n) is 7.02. The monoisotopic (exact) mass is 327 g/mol. The number of aryl methyl sites for hydroxylation is 1. The third kappa shape index (κ3) is 4.72. The van der Waals surface area contributed by atoms with Crippen LogP contribution in [-0.2, 0) is 0 Å². The van der Waals surface area contributed by atoms with Crippen LogP contribution in [0.3, 0.4) is 0 Å². The maximum absolute atomic E-state index is 13.6. The van der Waals surface area contributed by atoms with Crippen molar-refractivity contribution >= 4 is 27.3 Å². The molecular weight excluding hydrogens is 305 g/mol. The van der Waals surface area contributed by atoms with E-state index < -0.39 is 0 Å². The van der Waals surface area contributed by atoms with E-state index in [1.54, 1.807) is 6.07 Å². The maximum Gasteiger partial charge on any atom is 0.139 e. The van der Waals surface area contributed by atoms with Crippen LogP contribution >= 0.6 is 15.9 Å². The summed E-state index contributed by atoms with van der Waals surface area (Å²) >= 11 is 3.21. The van der Waals surface area contributed by atoms with Crippen LogP contribution in [0.2, 0.25) is 0 Å². The summed E-state index contributed by atoms with van der Waals surface area (Å²) in [5, 5.41) is 0. The molecule has 0 saturated carbocycles. The smallest absolute Gasteiger partial charge is 0.139 e. The first-order chi connectivity index (χ1) is 8.99. The quantitative estimate of drug-likeness (QED) is 0.551. The van der Waals surface area contributed by atoms with Crippen LogP contribution in [-0.4, -0.2) is 5.71 Å². The molecule has 1 aromatic rings. The molecule has 0 radical (unpaired) electrons. The Hall–Kier alpha value is -0.700. The number of rotatable bonds is 6. The number of nitrogens with zero attached hydrogens (tertiary/aromatic N) is 1. The Kier molecular flexibility index (Phi) is 6.70. The predicted octanol–water partition coefficient (Wildman–Crippen LogP) is 6.21. The van der Waals surface area contributed by atoms with Gasteiger partial charge in [-0.3, -0.25) is 4.99 Å². The topological polar surface area (TPSA) is 12.4 Å². The lowest BCUT2D eigenvalue weighted by molar-refractivity contribution is 0.620. The van der Waals surface area contributed by atoms with Gasteiger partial charge in [-0.1, -0.05) is 33.6 Å². The highest BCUT2D eigenvalue weighted by Gasteiger charge is 2.11. The van der Waals surface area contributed by atoms with Crippen molar-refractivity contribution in [2.75, 3.05) is 0 Å². The lowest BCUT2D eigenvalue weighted by atomic mass is 9.96. The molecule has 0 spiro atoms. The van der Waals surface area contributed by atoms with Crippen molar-refractivity contribution in [1.82, 2.24) is 0 Å². The molecule has 0 aromatic heterocycles. The molecule has 0 amide bonds. The van der Waals surface area contributed by atoms with Crippen molar-refractivity contribution in [2.24, 2.45) is 10.9 Å². The highest BCUT2D eigenvalue weighted by Crippen LogP contribution is 2.27. The van der Waals surface area contributed by atoms with Gasteiger partial charge in [0.25, 0.3) is 0 Å². The molecular formula is C16H23BrFN. The van der Waals surface area contributed by atoms with Crippen molar-refractivity contribution in [1.29, 1.82) is 0 Å². The molecule has 0 N–H and O–H groups in total. The normalized spacial score (nSPS) is 13.7. The second-order valence-electron chi connectivity index (χ2n) is 5.10. The number of aliphatic imine (C=N–C) groups is 1. The second-order valence-corrected chi connectivity index (χ2v) is 5.95. The van der Waals surface area contributed by atoms with Crippen molar-refractivity contribution in [3.8, 4) is 0 Å². The SMILES string of the molecule is CCC/C(=N\c1cc(F)c(Br)cc1C)C(C)CCC. The van der Waals surface area contributed by atoms with E-state index >= 15 is 0 Å². The summed E-state index contributed by atoms with van der Waals surface area (Å²) in [6, 6.07) is 3.32. The molecule has 1 aromatic carbocycles. The minimum atomic E-state index is -0.247. The van der Waals surface area contributed by atoms with Crippen LogP contribution < -0.4 is 0 Å². The van der Waals surface area contributed by atoms with Crippen LogP contribution in [0, 0.1) is 18.7 Å². The van der Waals surface area contributed by atoms with Crippen molar-refractivity contribution in [3.63, 3.8) is 0 Å². The van der Waals surface area contributed by atoms with E-state index in [1.165, 1.54) is 11.8 Å². The van der Waals surface area contributed by atoms with Gasteiger partial charge < -0.3 is 0 Å². The maximum atomic E-state index is 13.6. The fourth-order valence-corrected chi connectivity index (χ4v) is 2.64. The van der Waals surface area contributed by atoms with Gasteiger partial charge in [0.1, 0.15) is 5.82 Å². The van der Waals surface area contributed by atoms with E-state index in [4.69, 9.17) is 4.99 Å². The lowest BCUT2D eigenvalue weighted by Gasteiger charge is -2.14. The van der Waals surface area contributed by atoms with Crippen LogP contribution in [0.15, 0.2) is 21.6 Å². The zero-order valence-electron chi connectivity index (χ0n) is 12.3. The third-order valence-electron chi connectivity index (χ3n) is 3.30. The Morgan fingerprint density at radius 2 is 2.00 bits per heavy atom. The van der Waals surface area contributed by atoms with Gasteiger partial charge in [0.05, 0.1) is 10.2 Å². The molecule has 106 valence electrons. The Balaban J connectivity index is 3.10. The number of hydrogen-bond donors (Lipinski definition) is 0. The standard InChI is InChI=1S/C16H23BrFN/c1-5-7-11(3)15(8-6-2)19-16-10-14(18)13(17)9-12(16)4/h9-11H,5-8H2,1-4H3/b19-15+. The lowest BCUT2D eigenvalue weighted by Crippen LogP contribution is -2.10. The Morgan fingerprint density at radius 1 is 1.32 bits per heavy atom. The molecule has 3 heteroatoms. The fraction of sp³-hybridized carbons (Fsp3) is 0.562. The number of halogens is 2. The first kappa shape index (κ1) is 16.4.